The van der Waals surface area contributed by atoms with E-state index in [1.807, 2.05) is 0 Å². The van der Waals surface area contributed by atoms with Gasteiger partial charge in [0, 0.05) is 5.56 Å². The molecule has 2 N–H and O–H groups in total. The van der Waals surface area contributed by atoms with Gasteiger partial charge in [0.2, 0.25) is 5.91 Å². The summed E-state index contributed by atoms with van der Waals surface area (Å²) >= 11 is 2.88. The van der Waals surface area contributed by atoms with E-state index >= 15 is 0 Å². The molecule has 1 aromatic carbocycles. The highest BCUT2D eigenvalue weighted by Crippen LogP contribution is 2.18. The second-order valence-corrected chi connectivity index (χ2v) is 3.65. The van der Waals surface area contributed by atoms with Gasteiger partial charge in [0.25, 0.3) is 0 Å². The van der Waals surface area contributed by atoms with Crippen LogP contribution in [0.5, 0.6) is 0 Å². The minimum Gasteiger partial charge on any atom is -0.369 e. The van der Waals surface area contributed by atoms with E-state index in [9.17, 15) is 18.4 Å². The first-order valence-electron chi connectivity index (χ1n) is 4.31. The molecule has 0 atom stereocenters. The first-order valence-corrected chi connectivity index (χ1v) is 5.43. The topological polar surface area (TPSA) is 60.2 Å². The second kappa shape index (κ2) is 5.16. The molecule has 0 bridgehead atoms. The average Bonchev–Trinajstić information content (AvgIpc) is 2.23. The molecule has 0 aliphatic heterocycles. The fourth-order valence-electron chi connectivity index (χ4n) is 1.22. The van der Waals surface area contributed by atoms with Crippen LogP contribution in [0, 0.1) is 11.6 Å². The molecule has 1 rings (SSSR count). The zero-order chi connectivity index (χ0) is 12.3. The van der Waals surface area contributed by atoms with Crippen molar-refractivity contribution >= 4 is 27.6 Å². The van der Waals surface area contributed by atoms with Crippen molar-refractivity contribution in [2.24, 2.45) is 5.73 Å². The fraction of sp³-hybridized carbons (Fsp3) is 0.200. The number of rotatable bonds is 4. The predicted octanol–water partition coefficient (Wildman–Crippen LogP) is 1.57. The summed E-state index contributed by atoms with van der Waals surface area (Å²) in [6.45, 7) is 0. The number of benzene rings is 1. The Morgan fingerprint density at radius 3 is 2.44 bits per heavy atom. The van der Waals surface area contributed by atoms with Gasteiger partial charge >= 0.3 is 0 Å². The van der Waals surface area contributed by atoms with E-state index in [2.05, 4.69) is 15.9 Å². The summed E-state index contributed by atoms with van der Waals surface area (Å²) in [7, 11) is 0. The van der Waals surface area contributed by atoms with Crippen LogP contribution in [0.1, 0.15) is 15.9 Å². The molecule has 1 amide bonds. The Balaban J connectivity index is 3.26. The minimum atomic E-state index is -1.02. The molecule has 0 radical (unpaired) electrons. The van der Waals surface area contributed by atoms with E-state index in [4.69, 9.17) is 5.73 Å². The molecule has 0 saturated heterocycles. The zero-order valence-electron chi connectivity index (χ0n) is 8.10. The number of nitrogens with two attached hydrogens (primary N) is 1. The Labute approximate surface area is 98.8 Å². The van der Waals surface area contributed by atoms with Crippen molar-refractivity contribution in [2.75, 3.05) is 5.33 Å². The molecule has 16 heavy (non-hydrogen) atoms. The number of Topliss-reactive ketones (excluding diaryl/α,β-unsaturated/α-hetero) is 1. The van der Waals surface area contributed by atoms with E-state index in [-0.39, 0.29) is 10.9 Å². The summed E-state index contributed by atoms with van der Waals surface area (Å²) in [5, 5.41) is -0.0778. The first-order chi connectivity index (χ1) is 7.47. The number of hydrogen-bond donors (Lipinski definition) is 1. The quantitative estimate of drug-likeness (QED) is 0.676. The minimum absolute atomic E-state index is 0.0778. The summed E-state index contributed by atoms with van der Waals surface area (Å²) in [5.74, 6) is -3.30. The molecule has 0 saturated carbocycles. The molecular formula is C10H8BrF2NO2. The number of alkyl halides is 1. The van der Waals surface area contributed by atoms with E-state index < -0.39 is 35.3 Å². The van der Waals surface area contributed by atoms with Crippen molar-refractivity contribution in [3.8, 4) is 0 Å². The normalized spacial score (nSPS) is 10.2. The van der Waals surface area contributed by atoms with Gasteiger partial charge in [0.05, 0.1) is 17.3 Å². The molecule has 0 aliphatic carbocycles. The van der Waals surface area contributed by atoms with Crippen LogP contribution in [0.25, 0.3) is 0 Å². The lowest BCUT2D eigenvalue weighted by Crippen LogP contribution is -2.17. The van der Waals surface area contributed by atoms with E-state index in [0.29, 0.717) is 0 Å². The summed E-state index contributed by atoms with van der Waals surface area (Å²) in [5.41, 5.74) is 4.13. The van der Waals surface area contributed by atoms with Crippen molar-refractivity contribution in [3.05, 3.63) is 34.9 Å². The Hall–Kier alpha value is -1.30. The van der Waals surface area contributed by atoms with Crippen molar-refractivity contribution < 1.29 is 18.4 Å². The van der Waals surface area contributed by atoms with Crippen LogP contribution < -0.4 is 5.73 Å². The van der Waals surface area contributed by atoms with Gasteiger partial charge in [-0.15, -0.1) is 0 Å². The van der Waals surface area contributed by atoms with E-state index in [1.165, 1.54) is 0 Å². The maximum Gasteiger partial charge on any atom is 0.222 e. The van der Waals surface area contributed by atoms with Crippen molar-refractivity contribution in [2.45, 2.75) is 6.42 Å². The monoisotopic (exact) mass is 291 g/mol. The lowest BCUT2D eigenvalue weighted by molar-refractivity contribution is -0.117. The van der Waals surface area contributed by atoms with Crippen molar-refractivity contribution in [1.29, 1.82) is 0 Å². The largest absolute Gasteiger partial charge is 0.369 e. The van der Waals surface area contributed by atoms with Crippen LogP contribution in [0.15, 0.2) is 12.1 Å². The summed E-state index contributed by atoms with van der Waals surface area (Å²) < 4.78 is 26.8. The Morgan fingerprint density at radius 1 is 1.31 bits per heavy atom. The molecule has 3 nitrogen and oxygen atoms in total. The average molecular weight is 292 g/mol. The van der Waals surface area contributed by atoms with E-state index in [1.54, 1.807) is 0 Å². The highest BCUT2D eigenvalue weighted by atomic mass is 79.9. The van der Waals surface area contributed by atoms with Crippen LogP contribution >= 0.6 is 15.9 Å². The van der Waals surface area contributed by atoms with Crippen LogP contribution in [-0.2, 0) is 11.2 Å². The van der Waals surface area contributed by atoms with Gasteiger partial charge in [0.1, 0.15) is 11.6 Å². The molecule has 0 spiro atoms. The van der Waals surface area contributed by atoms with Crippen LogP contribution in [0.3, 0.4) is 0 Å². The number of primary amides is 1. The van der Waals surface area contributed by atoms with Gasteiger partial charge in [-0.1, -0.05) is 15.9 Å². The number of hydrogen-bond acceptors (Lipinski definition) is 2. The van der Waals surface area contributed by atoms with Gasteiger partial charge in [0.15, 0.2) is 5.78 Å². The molecule has 0 aromatic heterocycles. The maximum absolute atomic E-state index is 13.6. The standard InChI is InChI=1S/C10H8BrF2NO2/c11-4-8(15)5-1-2-7(12)6(10(5)13)3-9(14)16/h1-2H,3-4H2,(H2,14,16). The number of carbonyl (C=O) groups excluding carboxylic acids is 2. The summed E-state index contributed by atoms with van der Waals surface area (Å²) in [6, 6.07) is 1.98. The molecule has 1 aromatic rings. The summed E-state index contributed by atoms with van der Waals surface area (Å²) in [6.07, 6.45) is -0.568. The molecule has 86 valence electrons. The number of ketones is 1. The third-order valence-corrected chi connectivity index (χ3v) is 2.47. The third-order valence-electron chi connectivity index (χ3n) is 1.96. The SMILES string of the molecule is NC(=O)Cc1c(F)ccc(C(=O)CBr)c1F. The maximum atomic E-state index is 13.6. The summed E-state index contributed by atoms with van der Waals surface area (Å²) in [4.78, 5) is 21.9. The molecule has 0 unspecified atom stereocenters. The van der Waals surface area contributed by atoms with Gasteiger partial charge in [-0.3, -0.25) is 9.59 Å². The van der Waals surface area contributed by atoms with Crippen LogP contribution in [0.4, 0.5) is 8.78 Å². The van der Waals surface area contributed by atoms with Gasteiger partial charge < -0.3 is 5.73 Å². The zero-order valence-corrected chi connectivity index (χ0v) is 9.68. The molecule has 0 aliphatic rings. The fourth-order valence-corrected chi connectivity index (χ4v) is 1.52. The third kappa shape index (κ3) is 2.63. The molecular weight excluding hydrogens is 284 g/mol. The highest BCUT2D eigenvalue weighted by Gasteiger charge is 2.18. The Bertz CT molecular complexity index is 449. The second-order valence-electron chi connectivity index (χ2n) is 3.09. The van der Waals surface area contributed by atoms with Crippen molar-refractivity contribution in [1.82, 2.24) is 0 Å². The number of carbonyl (C=O) groups is 2. The van der Waals surface area contributed by atoms with Crippen LogP contribution in [0.2, 0.25) is 0 Å². The number of amides is 1. The van der Waals surface area contributed by atoms with Crippen molar-refractivity contribution in [3.63, 3.8) is 0 Å². The predicted molar refractivity (Wildman–Crippen MR) is 57.4 cm³/mol. The molecule has 0 heterocycles. The van der Waals surface area contributed by atoms with Crippen LogP contribution in [-0.4, -0.2) is 17.0 Å². The lowest BCUT2D eigenvalue weighted by Gasteiger charge is -2.06. The first kappa shape index (κ1) is 12.8. The van der Waals surface area contributed by atoms with Gasteiger partial charge in [-0.25, -0.2) is 8.78 Å². The van der Waals surface area contributed by atoms with Gasteiger partial charge in [-0.05, 0) is 12.1 Å². The molecule has 0 fully saturated rings. The molecule has 6 heteroatoms. The number of halogens is 3. The highest BCUT2D eigenvalue weighted by molar-refractivity contribution is 9.09. The van der Waals surface area contributed by atoms with E-state index in [0.717, 1.165) is 12.1 Å². The van der Waals surface area contributed by atoms with Gasteiger partial charge in [-0.2, -0.15) is 0 Å². The smallest absolute Gasteiger partial charge is 0.222 e. The Kier molecular flexibility index (Phi) is 4.12. The Morgan fingerprint density at radius 2 is 1.94 bits per heavy atom. The lowest BCUT2D eigenvalue weighted by atomic mass is 10.0.